The Bertz CT molecular complexity index is 377. The van der Waals surface area contributed by atoms with Crippen molar-refractivity contribution >= 4 is 11.9 Å². The summed E-state index contributed by atoms with van der Waals surface area (Å²) in [7, 11) is 0. The second-order valence-electron chi connectivity index (χ2n) is 3.70. The van der Waals surface area contributed by atoms with Crippen LogP contribution in [0.25, 0.3) is 0 Å². The molecule has 0 aliphatic heterocycles. The molecule has 0 saturated heterocycles. The standard InChI is InChI=1S/C10H16N4O3/c1-2-8(10(16)17)14-9(15)7(11)3-6-4-12-5-13-6/h4-5,7-8H,2-3,11H2,1H3,(H,12,13)(H,14,15)(H,16,17). The summed E-state index contributed by atoms with van der Waals surface area (Å²) < 4.78 is 0. The summed E-state index contributed by atoms with van der Waals surface area (Å²) in [6.45, 7) is 1.68. The summed E-state index contributed by atoms with van der Waals surface area (Å²) in [4.78, 5) is 29.0. The molecule has 1 aromatic rings. The van der Waals surface area contributed by atoms with Gasteiger partial charge in [-0.05, 0) is 6.42 Å². The quantitative estimate of drug-likeness (QED) is 0.521. The van der Waals surface area contributed by atoms with Gasteiger partial charge >= 0.3 is 5.97 Å². The Kier molecular flexibility index (Phi) is 4.65. The third kappa shape index (κ3) is 3.87. The monoisotopic (exact) mass is 240 g/mol. The van der Waals surface area contributed by atoms with Gasteiger partial charge in [-0.15, -0.1) is 0 Å². The molecule has 17 heavy (non-hydrogen) atoms. The van der Waals surface area contributed by atoms with E-state index in [1.807, 2.05) is 0 Å². The van der Waals surface area contributed by atoms with Crippen LogP contribution in [0.1, 0.15) is 19.0 Å². The maximum atomic E-state index is 11.6. The number of aromatic amines is 1. The third-order valence-electron chi connectivity index (χ3n) is 2.35. The van der Waals surface area contributed by atoms with Gasteiger partial charge in [0, 0.05) is 18.3 Å². The van der Waals surface area contributed by atoms with Crippen molar-refractivity contribution in [3.8, 4) is 0 Å². The van der Waals surface area contributed by atoms with E-state index in [-0.39, 0.29) is 0 Å². The number of amides is 1. The van der Waals surface area contributed by atoms with E-state index < -0.39 is 24.0 Å². The highest BCUT2D eigenvalue weighted by atomic mass is 16.4. The number of aliphatic carboxylic acids is 1. The molecule has 1 aromatic heterocycles. The number of nitrogens with one attached hydrogen (secondary N) is 2. The first-order valence-corrected chi connectivity index (χ1v) is 5.30. The molecule has 7 nitrogen and oxygen atoms in total. The van der Waals surface area contributed by atoms with Gasteiger partial charge in [-0.1, -0.05) is 6.92 Å². The second-order valence-corrected chi connectivity index (χ2v) is 3.70. The summed E-state index contributed by atoms with van der Waals surface area (Å²) in [6.07, 6.45) is 3.67. The first-order chi connectivity index (χ1) is 8.04. The number of hydrogen-bond donors (Lipinski definition) is 4. The number of carboxylic acids is 1. The number of carbonyl (C=O) groups is 2. The molecule has 0 aromatic carbocycles. The fourth-order valence-electron chi connectivity index (χ4n) is 1.34. The van der Waals surface area contributed by atoms with Crippen molar-refractivity contribution in [2.75, 3.05) is 0 Å². The summed E-state index contributed by atoms with van der Waals surface area (Å²) in [5, 5.41) is 11.2. The van der Waals surface area contributed by atoms with E-state index in [9.17, 15) is 9.59 Å². The van der Waals surface area contributed by atoms with Crippen molar-refractivity contribution in [2.45, 2.75) is 31.8 Å². The van der Waals surface area contributed by atoms with Crippen LogP contribution in [0.3, 0.4) is 0 Å². The van der Waals surface area contributed by atoms with Crippen molar-refractivity contribution in [3.63, 3.8) is 0 Å². The predicted octanol–water partition coefficient (Wildman–Crippen LogP) is -0.741. The number of imidazole rings is 1. The third-order valence-corrected chi connectivity index (χ3v) is 2.35. The highest BCUT2D eigenvalue weighted by Crippen LogP contribution is 1.98. The number of aromatic nitrogens is 2. The molecule has 0 aliphatic carbocycles. The van der Waals surface area contributed by atoms with Gasteiger partial charge in [-0.3, -0.25) is 4.79 Å². The molecule has 2 unspecified atom stereocenters. The Morgan fingerprint density at radius 3 is 2.82 bits per heavy atom. The van der Waals surface area contributed by atoms with Crippen LogP contribution in [0.5, 0.6) is 0 Å². The molecule has 0 fully saturated rings. The molecule has 1 rings (SSSR count). The van der Waals surface area contributed by atoms with Gasteiger partial charge in [-0.2, -0.15) is 0 Å². The summed E-state index contributed by atoms with van der Waals surface area (Å²) >= 11 is 0. The van der Waals surface area contributed by atoms with Crippen molar-refractivity contribution < 1.29 is 14.7 Å². The van der Waals surface area contributed by atoms with Crippen molar-refractivity contribution in [2.24, 2.45) is 5.73 Å². The Labute approximate surface area is 98.4 Å². The molecule has 0 aliphatic rings. The Morgan fingerprint density at radius 1 is 1.65 bits per heavy atom. The molecule has 1 amide bonds. The molecule has 0 spiro atoms. The van der Waals surface area contributed by atoms with E-state index in [1.165, 1.54) is 6.33 Å². The fourth-order valence-corrected chi connectivity index (χ4v) is 1.34. The van der Waals surface area contributed by atoms with Crippen LogP contribution in [-0.2, 0) is 16.0 Å². The first-order valence-electron chi connectivity index (χ1n) is 5.30. The van der Waals surface area contributed by atoms with E-state index in [0.29, 0.717) is 12.8 Å². The fraction of sp³-hybridized carbons (Fsp3) is 0.500. The molecule has 0 saturated carbocycles. The zero-order valence-electron chi connectivity index (χ0n) is 9.51. The van der Waals surface area contributed by atoms with Crippen molar-refractivity contribution in [3.05, 3.63) is 18.2 Å². The minimum atomic E-state index is -1.06. The highest BCUT2D eigenvalue weighted by molar-refractivity contribution is 5.86. The smallest absolute Gasteiger partial charge is 0.326 e. The van der Waals surface area contributed by atoms with Gasteiger partial charge in [-0.25, -0.2) is 9.78 Å². The Hall–Kier alpha value is -1.89. The van der Waals surface area contributed by atoms with E-state index >= 15 is 0 Å². The van der Waals surface area contributed by atoms with Crippen molar-refractivity contribution in [1.29, 1.82) is 0 Å². The number of carboxylic acid groups (broad SMARTS) is 1. The SMILES string of the molecule is CCC(NC(=O)C(N)Cc1cnc[nH]1)C(=O)O. The van der Waals surface area contributed by atoms with E-state index in [0.717, 1.165) is 5.69 Å². The number of nitrogens with two attached hydrogens (primary N) is 1. The van der Waals surface area contributed by atoms with Crippen LogP contribution in [0.2, 0.25) is 0 Å². The highest BCUT2D eigenvalue weighted by Gasteiger charge is 2.21. The number of carbonyl (C=O) groups excluding carboxylic acids is 1. The Morgan fingerprint density at radius 2 is 2.35 bits per heavy atom. The van der Waals surface area contributed by atoms with Crippen LogP contribution in [-0.4, -0.2) is 39.0 Å². The molecule has 0 bridgehead atoms. The second kappa shape index (κ2) is 6.00. The van der Waals surface area contributed by atoms with Gasteiger partial charge in [0.2, 0.25) is 5.91 Å². The maximum absolute atomic E-state index is 11.6. The average molecular weight is 240 g/mol. The minimum Gasteiger partial charge on any atom is -0.480 e. The molecule has 94 valence electrons. The molecule has 2 atom stereocenters. The lowest BCUT2D eigenvalue weighted by atomic mass is 10.1. The van der Waals surface area contributed by atoms with Gasteiger partial charge < -0.3 is 21.1 Å². The van der Waals surface area contributed by atoms with Gasteiger partial charge in [0.25, 0.3) is 0 Å². The summed E-state index contributed by atoms with van der Waals surface area (Å²) in [6, 6.07) is -1.68. The van der Waals surface area contributed by atoms with Crippen LogP contribution in [0.4, 0.5) is 0 Å². The lowest BCUT2D eigenvalue weighted by Gasteiger charge is -2.15. The van der Waals surface area contributed by atoms with Crippen molar-refractivity contribution in [1.82, 2.24) is 15.3 Å². The van der Waals surface area contributed by atoms with Gasteiger partial charge in [0.05, 0.1) is 12.4 Å². The predicted molar refractivity (Wildman–Crippen MR) is 60.1 cm³/mol. The number of nitrogens with zero attached hydrogens (tertiary/aromatic N) is 1. The lowest BCUT2D eigenvalue weighted by molar-refractivity contribution is -0.142. The summed E-state index contributed by atoms with van der Waals surface area (Å²) in [5.74, 6) is -1.54. The minimum absolute atomic E-state index is 0.294. The van der Waals surface area contributed by atoms with Crippen LogP contribution < -0.4 is 11.1 Å². The topological polar surface area (TPSA) is 121 Å². The lowest BCUT2D eigenvalue weighted by Crippen LogP contribution is -2.49. The number of hydrogen-bond acceptors (Lipinski definition) is 4. The van der Waals surface area contributed by atoms with Crippen LogP contribution >= 0.6 is 0 Å². The first kappa shape index (κ1) is 13.2. The van der Waals surface area contributed by atoms with E-state index in [1.54, 1.807) is 13.1 Å². The molecular formula is C10H16N4O3. The number of H-pyrrole nitrogens is 1. The van der Waals surface area contributed by atoms with E-state index in [4.69, 9.17) is 10.8 Å². The molecular weight excluding hydrogens is 224 g/mol. The largest absolute Gasteiger partial charge is 0.480 e. The van der Waals surface area contributed by atoms with Crippen LogP contribution in [0.15, 0.2) is 12.5 Å². The molecule has 0 radical (unpaired) electrons. The maximum Gasteiger partial charge on any atom is 0.326 e. The normalized spacial score (nSPS) is 14.0. The van der Waals surface area contributed by atoms with Crippen LogP contribution in [0, 0.1) is 0 Å². The van der Waals surface area contributed by atoms with Gasteiger partial charge in [0.1, 0.15) is 6.04 Å². The van der Waals surface area contributed by atoms with Gasteiger partial charge in [0.15, 0.2) is 0 Å². The summed E-state index contributed by atoms with van der Waals surface area (Å²) in [5.41, 5.74) is 6.39. The average Bonchev–Trinajstić information content (AvgIpc) is 2.77. The van der Waals surface area contributed by atoms with E-state index in [2.05, 4.69) is 15.3 Å². The Balaban J connectivity index is 2.49. The zero-order chi connectivity index (χ0) is 12.8. The molecule has 1 heterocycles. The number of rotatable bonds is 6. The zero-order valence-corrected chi connectivity index (χ0v) is 9.51. The molecule has 5 N–H and O–H groups in total. The molecule has 7 heteroatoms.